The molecule has 0 saturated heterocycles. The molecule has 0 amide bonds. The SMILES string of the molecule is C/C=C\CC.C=O.CC.CC.CCNCC/C(=C/C=C/CCC(=O)OCC)c1ccc(F)cc1.CCOC.CO. The lowest BCUT2D eigenvalue weighted by atomic mass is 10.0. The zero-order valence-corrected chi connectivity index (χ0v) is 27.5. The number of esters is 1. The van der Waals surface area contributed by atoms with E-state index in [2.05, 4.69) is 36.1 Å². The van der Waals surface area contributed by atoms with Crippen LogP contribution in [0, 0.1) is 5.82 Å². The predicted molar refractivity (Wildman–Crippen MR) is 173 cm³/mol. The number of aliphatic hydroxyl groups is 1. The molecule has 0 heterocycles. The molecule has 0 aliphatic carbocycles. The highest BCUT2D eigenvalue weighted by Crippen LogP contribution is 2.18. The highest BCUT2D eigenvalue weighted by atomic mass is 19.1. The summed E-state index contributed by atoms with van der Waals surface area (Å²) >= 11 is 0. The molecule has 236 valence electrons. The standard InChI is InChI=1S/C19H26FNO2.C5H10.C3H8O.2C2H6.CH4O.CH2O/c1-3-21-15-14-16(17-10-12-18(20)13-11-17)8-6-5-7-9-19(22)23-4-2;1-3-5-4-2;1-3-4-2;4*1-2/h5-6,8,10-13,21H,3-4,7,9,14-15H2,1-2H3;3,5H,4H2,1-2H3;3H2,1-2H3;2*1-2H3;2H,1H3;1H2/b6-5+,16-8-;5-3-;;;;;. The van der Waals surface area contributed by atoms with Gasteiger partial charge in [-0.2, -0.15) is 0 Å². The minimum absolute atomic E-state index is 0.174. The molecule has 1 aromatic carbocycles. The van der Waals surface area contributed by atoms with Gasteiger partial charge in [-0.1, -0.05) is 84.1 Å². The summed E-state index contributed by atoms with van der Waals surface area (Å²) in [5.41, 5.74) is 2.15. The molecule has 0 bridgehead atoms. The number of ether oxygens (including phenoxy) is 2. The molecule has 0 aliphatic heterocycles. The van der Waals surface area contributed by atoms with Gasteiger partial charge in [-0.3, -0.25) is 4.79 Å². The second kappa shape index (κ2) is 52.8. The fraction of sp³-hybridized carbons (Fsp3) is 0.576. The lowest BCUT2D eigenvalue weighted by Gasteiger charge is -2.08. The van der Waals surface area contributed by atoms with Gasteiger partial charge in [0.2, 0.25) is 0 Å². The molecule has 0 unspecified atom stereocenters. The Morgan fingerprint density at radius 1 is 0.950 bits per heavy atom. The van der Waals surface area contributed by atoms with E-state index in [-0.39, 0.29) is 11.8 Å². The first-order chi connectivity index (χ1) is 19.5. The second-order valence-electron chi connectivity index (χ2n) is 6.63. The molecule has 2 N–H and O–H groups in total. The summed E-state index contributed by atoms with van der Waals surface area (Å²) in [5.74, 6) is -0.406. The van der Waals surface area contributed by atoms with Gasteiger partial charge in [0.05, 0.1) is 6.61 Å². The molecular formula is C33H62FNO5. The van der Waals surface area contributed by atoms with Crippen molar-refractivity contribution in [1.82, 2.24) is 5.32 Å². The maximum atomic E-state index is 13.1. The number of carbonyl (C=O) groups excluding carboxylic acids is 2. The number of hydrogen-bond donors (Lipinski definition) is 2. The van der Waals surface area contributed by atoms with Gasteiger partial charge in [0.15, 0.2) is 0 Å². The first kappa shape index (κ1) is 50.3. The molecule has 6 nitrogen and oxygen atoms in total. The van der Waals surface area contributed by atoms with Crippen LogP contribution in [0.15, 0.2) is 54.6 Å². The van der Waals surface area contributed by atoms with Crippen molar-refractivity contribution in [2.75, 3.05) is 40.5 Å². The van der Waals surface area contributed by atoms with Crippen LogP contribution in [0.1, 0.15) is 93.6 Å². The van der Waals surface area contributed by atoms with Gasteiger partial charge in [0, 0.05) is 27.2 Å². The van der Waals surface area contributed by atoms with Crippen molar-refractivity contribution in [1.29, 1.82) is 0 Å². The number of aliphatic hydroxyl groups excluding tert-OH is 1. The minimum Gasteiger partial charge on any atom is -0.466 e. The minimum atomic E-state index is -0.232. The normalized spacial score (nSPS) is 9.38. The highest BCUT2D eigenvalue weighted by molar-refractivity contribution is 5.69. The van der Waals surface area contributed by atoms with Crippen LogP contribution < -0.4 is 5.32 Å². The van der Waals surface area contributed by atoms with E-state index in [1.54, 1.807) is 26.2 Å². The molecule has 40 heavy (non-hydrogen) atoms. The maximum absolute atomic E-state index is 13.1. The molecule has 0 aromatic heterocycles. The topological polar surface area (TPSA) is 84.9 Å². The molecule has 0 spiro atoms. The van der Waals surface area contributed by atoms with Crippen molar-refractivity contribution in [2.24, 2.45) is 0 Å². The van der Waals surface area contributed by atoms with Crippen LogP contribution in [0.5, 0.6) is 0 Å². The number of methoxy groups -OCH3 is 1. The lowest BCUT2D eigenvalue weighted by Crippen LogP contribution is -2.14. The van der Waals surface area contributed by atoms with Crippen LogP contribution in [0.2, 0.25) is 0 Å². The molecule has 0 aliphatic rings. The zero-order chi connectivity index (χ0) is 32.5. The van der Waals surface area contributed by atoms with Gasteiger partial charge in [-0.05, 0) is 76.4 Å². The average molecular weight is 572 g/mol. The molecule has 1 rings (SSSR count). The molecule has 0 fully saturated rings. The third kappa shape index (κ3) is 45.3. The number of halogens is 1. The molecule has 1 aromatic rings. The van der Waals surface area contributed by atoms with E-state index in [9.17, 15) is 9.18 Å². The smallest absolute Gasteiger partial charge is 0.306 e. The largest absolute Gasteiger partial charge is 0.466 e. The summed E-state index contributed by atoms with van der Waals surface area (Å²) in [7, 11) is 2.68. The van der Waals surface area contributed by atoms with Gasteiger partial charge in [-0.15, -0.1) is 0 Å². The molecule has 0 atom stereocenters. The van der Waals surface area contributed by atoms with E-state index in [0.29, 0.717) is 19.4 Å². The summed E-state index contributed by atoms with van der Waals surface area (Å²) in [5, 5.41) is 10.3. The maximum Gasteiger partial charge on any atom is 0.306 e. The van der Waals surface area contributed by atoms with Gasteiger partial charge >= 0.3 is 5.97 Å². The van der Waals surface area contributed by atoms with Crippen molar-refractivity contribution < 1.29 is 28.6 Å². The number of rotatable bonds is 12. The van der Waals surface area contributed by atoms with E-state index >= 15 is 0 Å². The van der Waals surface area contributed by atoms with Gasteiger partial charge in [0.1, 0.15) is 12.6 Å². The Morgan fingerprint density at radius 3 is 1.85 bits per heavy atom. The van der Waals surface area contributed by atoms with E-state index in [1.165, 1.54) is 12.1 Å². The summed E-state index contributed by atoms with van der Waals surface area (Å²) < 4.78 is 22.5. The van der Waals surface area contributed by atoms with Crippen LogP contribution in [0.25, 0.3) is 5.57 Å². The summed E-state index contributed by atoms with van der Waals surface area (Å²) in [6.45, 7) is 23.0. The Morgan fingerprint density at radius 2 is 1.48 bits per heavy atom. The Balaban J connectivity index is -0.000000141. The van der Waals surface area contributed by atoms with Gasteiger partial charge < -0.3 is 24.7 Å². The molecule has 7 heteroatoms. The number of benzene rings is 1. The van der Waals surface area contributed by atoms with E-state index in [0.717, 1.165) is 50.8 Å². The molecular weight excluding hydrogens is 509 g/mol. The second-order valence-corrected chi connectivity index (χ2v) is 6.63. The van der Waals surface area contributed by atoms with Gasteiger partial charge in [0.25, 0.3) is 0 Å². The third-order valence-corrected chi connectivity index (χ3v) is 4.05. The first-order valence-corrected chi connectivity index (χ1v) is 14.3. The monoisotopic (exact) mass is 571 g/mol. The lowest BCUT2D eigenvalue weighted by molar-refractivity contribution is -0.143. The Hall–Kier alpha value is -2.61. The fourth-order valence-corrected chi connectivity index (χ4v) is 2.34. The number of nitrogens with one attached hydrogen (secondary N) is 1. The van der Waals surface area contributed by atoms with E-state index in [4.69, 9.17) is 14.6 Å². The quantitative estimate of drug-likeness (QED) is 0.114. The summed E-state index contributed by atoms with van der Waals surface area (Å²) in [4.78, 5) is 19.3. The van der Waals surface area contributed by atoms with Crippen LogP contribution in [0.4, 0.5) is 4.39 Å². The van der Waals surface area contributed by atoms with E-state index < -0.39 is 0 Å². The Kier molecular flexibility index (Phi) is 66.3. The summed E-state index contributed by atoms with van der Waals surface area (Å²) in [6, 6.07) is 6.53. The van der Waals surface area contributed by atoms with Crippen molar-refractivity contribution in [3.05, 3.63) is 66.0 Å². The van der Waals surface area contributed by atoms with Crippen LogP contribution in [-0.4, -0.2) is 58.4 Å². The predicted octanol–water partition coefficient (Wildman–Crippen LogP) is 8.21. The summed E-state index contributed by atoms with van der Waals surface area (Å²) in [6.07, 6.45) is 13.2. The highest BCUT2D eigenvalue weighted by Gasteiger charge is 2.01. The average Bonchev–Trinajstić information content (AvgIpc) is 3.01. The number of carbonyl (C=O) groups is 2. The first-order valence-electron chi connectivity index (χ1n) is 14.3. The van der Waals surface area contributed by atoms with E-state index in [1.807, 2.05) is 66.6 Å². The van der Waals surface area contributed by atoms with Crippen LogP contribution in [0.3, 0.4) is 0 Å². The third-order valence-electron chi connectivity index (χ3n) is 4.05. The van der Waals surface area contributed by atoms with Crippen molar-refractivity contribution in [3.8, 4) is 0 Å². The Labute approximate surface area is 246 Å². The number of allylic oxidation sites excluding steroid dienone is 5. The van der Waals surface area contributed by atoms with Crippen molar-refractivity contribution >= 4 is 18.3 Å². The van der Waals surface area contributed by atoms with Gasteiger partial charge in [-0.25, -0.2) is 4.39 Å². The number of hydrogen-bond acceptors (Lipinski definition) is 6. The van der Waals surface area contributed by atoms with Crippen LogP contribution >= 0.6 is 0 Å². The zero-order valence-electron chi connectivity index (χ0n) is 27.5. The Bertz CT molecular complexity index is 657. The van der Waals surface area contributed by atoms with Crippen molar-refractivity contribution in [3.63, 3.8) is 0 Å². The van der Waals surface area contributed by atoms with Crippen molar-refractivity contribution in [2.45, 2.75) is 88.0 Å². The van der Waals surface area contributed by atoms with Crippen LogP contribution in [-0.2, 0) is 19.1 Å². The molecule has 0 radical (unpaired) electrons. The molecule has 0 saturated carbocycles. The fourth-order valence-electron chi connectivity index (χ4n) is 2.34.